The van der Waals surface area contributed by atoms with Gasteiger partial charge in [0.2, 0.25) is 0 Å². The molecule has 1 rings (SSSR count). The van der Waals surface area contributed by atoms with Crippen LogP contribution in [0, 0.1) is 0 Å². The predicted molar refractivity (Wildman–Crippen MR) is 43.1 cm³/mol. The monoisotopic (exact) mass is 264 g/mol. The molecule has 0 saturated heterocycles. The van der Waals surface area contributed by atoms with Crippen molar-refractivity contribution >= 4 is 11.6 Å². The summed E-state index contributed by atoms with van der Waals surface area (Å²) in [4.78, 5) is 0. The molecule has 0 heterocycles. The minimum atomic E-state index is -5.33. The van der Waals surface area contributed by atoms with Crippen molar-refractivity contribution in [1.29, 1.82) is 0 Å². The van der Waals surface area contributed by atoms with Crippen LogP contribution < -0.4 is 0 Å². The van der Waals surface area contributed by atoms with Gasteiger partial charge in [0.05, 0.1) is 10.6 Å². The number of rotatable bonds is 0. The van der Waals surface area contributed by atoms with E-state index in [1.54, 1.807) is 0 Å². The first-order valence-corrected chi connectivity index (χ1v) is 4.09. The fourth-order valence-corrected chi connectivity index (χ4v) is 1.25. The molecular formula is C8H3ClF6O. The minimum Gasteiger partial charge on any atom is -0.506 e. The highest BCUT2D eigenvalue weighted by Gasteiger charge is 2.45. The van der Waals surface area contributed by atoms with Gasteiger partial charge in [-0.2, -0.15) is 26.3 Å². The highest BCUT2D eigenvalue weighted by Crippen LogP contribution is 2.46. The molecule has 1 aromatic rings. The van der Waals surface area contributed by atoms with Crippen molar-refractivity contribution in [3.8, 4) is 5.75 Å². The average molecular weight is 265 g/mol. The Bertz CT molecular complexity index is 408. The van der Waals surface area contributed by atoms with Crippen molar-refractivity contribution in [3.05, 3.63) is 28.3 Å². The van der Waals surface area contributed by atoms with Crippen LogP contribution in [0.25, 0.3) is 0 Å². The van der Waals surface area contributed by atoms with Gasteiger partial charge in [0.25, 0.3) is 0 Å². The summed E-state index contributed by atoms with van der Waals surface area (Å²) in [7, 11) is 0. The number of aromatic hydroxyl groups is 1. The van der Waals surface area contributed by atoms with Crippen LogP contribution in [-0.2, 0) is 12.4 Å². The highest BCUT2D eigenvalue weighted by molar-refractivity contribution is 6.32. The molecule has 0 aliphatic carbocycles. The van der Waals surface area contributed by atoms with Gasteiger partial charge >= 0.3 is 12.4 Å². The van der Waals surface area contributed by atoms with Crippen LogP contribution in [0.3, 0.4) is 0 Å². The number of hydrogen-bond acceptors (Lipinski definition) is 1. The SMILES string of the molecule is Oc1c(Cl)ccc(C(F)(F)F)c1C(F)(F)F. The van der Waals surface area contributed by atoms with Crippen LogP contribution in [0.2, 0.25) is 5.02 Å². The third-order valence-corrected chi connectivity index (χ3v) is 2.02. The zero-order valence-corrected chi connectivity index (χ0v) is 8.00. The molecule has 90 valence electrons. The van der Waals surface area contributed by atoms with Crippen molar-refractivity contribution in [2.24, 2.45) is 0 Å². The molecule has 0 aliphatic heterocycles. The molecule has 0 amide bonds. The number of alkyl halides is 6. The molecule has 0 radical (unpaired) electrons. The molecule has 0 aliphatic rings. The number of halogens is 7. The van der Waals surface area contributed by atoms with Gasteiger partial charge in [-0.15, -0.1) is 0 Å². The normalized spacial score (nSPS) is 12.9. The molecule has 0 unspecified atom stereocenters. The van der Waals surface area contributed by atoms with Crippen molar-refractivity contribution < 1.29 is 31.4 Å². The van der Waals surface area contributed by atoms with Gasteiger partial charge in [-0.25, -0.2) is 0 Å². The maximum absolute atomic E-state index is 12.3. The molecule has 1 aromatic carbocycles. The summed E-state index contributed by atoms with van der Waals surface area (Å²) in [5.41, 5.74) is -4.14. The topological polar surface area (TPSA) is 20.2 Å². The molecule has 0 aromatic heterocycles. The van der Waals surface area contributed by atoms with Crippen molar-refractivity contribution in [2.75, 3.05) is 0 Å². The Labute approximate surface area is 90.3 Å². The fraction of sp³-hybridized carbons (Fsp3) is 0.250. The number of hydrogen-bond donors (Lipinski definition) is 1. The molecule has 8 heteroatoms. The van der Waals surface area contributed by atoms with Gasteiger partial charge in [0.15, 0.2) is 0 Å². The third-order valence-electron chi connectivity index (χ3n) is 1.72. The molecule has 0 spiro atoms. The predicted octanol–water partition coefficient (Wildman–Crippen LogP) is 4.08. The van der Waals surface area contributed by atoms with Crippen LogP contribution in [-0.4, -0.2) is 5.11 Å². The third kappa shape index (κ3) is 2.34. The van der Waals surface area contributed by atoms with Gasteiger partial charge in [-0.1, -0.05) is 11.6 Å². The smallest absolute Gasteiger partial charge is 0.420 e. The van der Waals surface area contributed by atoms with Crippen LogP contribution in [0.5, 0.6) is 5.75 Å². The second-order valence-corrected chi connectivity index (χ2v) is 3.22. The van der Waals surface area contributed by atoms with Gasteiger partial charge in [-0.3, -0.25) is 0 Å². The first-order chi connectivity index (χ1) is 7.05. The summed E-state index contributed by atoms with van der Waals surface area (Å²) in [6, 6.07) is 0.722. The average Bonchev–Trinajstić information content (AvgIpc) is 2.05. The molecule has 16 heavy (non-hydrogen) atoms. The Kier molecular flexibility index (Phi) is 3.02. The van der Waals surface area contributed by atoms with Crippen LogP contribution in [0.4, 0.5) is 26.3 Å². The largest absolute Gasteiger partial charge is 0.506 e. The lowest BCUT2D eigenvalue weighted by molar-refractivity contribution is -0.163. The van der Waals surface area contributed by atoms with E-state index in [1.165, 1.54) is 0 Å². The van der Waals surface area contributed by atoms with E-state index in [2.05, 4.69) is 0 Å². The molecule has 0 bridgehead atoms. The Hall–Kier alpha value is -1.11. The summed E-state index contributed by atoms with van der Waals surface area (Å²) >= 11 is 5.12. The molecule has 1 N–H and O–H groups in total. The van der Waals surface area contributed by atoms with E-state index in [0.717, 1.165) is 0 Å². The lowest BCUT2D eigenvalue weighted by Crippen LogP contribution is -2.16. The van der Waals surface area contributed by atoms with E-state index in [9.17, 15) is 26.3 Å². The standard InChI is InChI=1S/C8H3ClF6O/c9-4-2-1-3(7(10,11)12)5(6(4)16)8(13,14)15/h1-2,16H. The number of phenols is 1. The zero-order valence-electron chi connectivity index (χ0n) is 7.25. The molecular weight excluding hydrogens is 262 g/mol. The maximum Gasteiger partial charge on any atom is 0.420 e. The van der Waals surface area contributed by atoms with E-state index in [1.807, 2.05) is 0 Å². The van der Waals surface area contributed by atoms with Crippen molar-refractivity contribution in [1.82, 2.24) is 0 Å². The summed E-state index contributed by atoms with van der Waals surface area (Å²) in [6.07, 6.45) is -10.5. The number of benzene rings is 1. The van der Waals surface area contributed by atoms with Gasteiger partial charge in [-0.05, 0) is 12.1 Å². The first-order valence-electron chi connectivity index (χ1n) is 3.71. The summed E-state index contributed by atoms with van der Waals surface area (Å²) in [5, 5.41) is 8.13. The van der Waals surface area contributed by atoms with Crippen molar-refractivity contribution in [3.63, 3.8) is 0 Å². The fourth-order valence-electron chi connectivity index (χ4n) is 1.09. The molecule has 0 atom stereocenters. The Morgan fingerprint density at radius 2 is 1.44 bits per heavy atom. The summed E-state index contributed by atoms with van der Waals surface area (Å²) in [6.45, 7) is 0. The summed E-state index contributed by atoms with van der Waals surface area (Å²) < 4.78 is 73.6. The molecule has 0 saturated carbocycles. The first kappa shape index (κ1) is 13.0. The molecule has 1 nitrogen and oxygen atoms in total. The lowest BCUT2D eigenvalue weighted by atomic mass is 10.1. The summed E-state index contributed by atoms with van der Waals surface area (Å²) in [5.74, 6) is -1.62. The molecule has 0 fully saturated rings. The zero-order chi connectivity index (χ0) is 12.7. The minimum absolute atomic E-state index is 0.172. The highest BCUT2D eigenvalue weighted by atomic mass is 35.5. The number of phenolic OH excluding ortho intramolecular Hbond substituents is 1. The van der Waals surface area contributed by atoms with E-state index in [0.29, 0.717) is 6.07 Å². The van der Waals surface area contributed by atoms with E-state index in [4.69, 9.17) is 16.7 Å². The Morgan fingerprint density at radius 3 is 1.81 bits per heavy atom. The van der Waals surface area contributed by atoms with Gasteiger partial charge < -0.3 is 5.11 Å². The maximum atomic E-state index is 12.3. The van der Waals surface area contributed by atoms with Crippen LogP contribution >= 0.6 is 11.6 Å². The second-order valence-electron chi connectivity index (χ2n) is 2.81. The van der Waals surface area contributed by atoms with Crippen molar-refractivity contribution in [2.45, 2.75) is 12.4 Å². The van der Waals surface area contributed by atoms with Crippen LogP contribution in [0.1, 0.15) is 11.1 Å². The Balaban J connectivity index is 3.59. The van der Waals surface area contributed by atoms with E-state index < -0.39 is 34.3 Å². The van der Waals surface area contributed by atoms with E-state index >= 15 is 0 Å². The lowest BCUT2D eigenvalue weighted by Gasteiger charge is -2.17. The van der Waals surface area contributed by atoms with Gasteiger partial charge in [0.1, 0.15) is 11.3 Å². The van der Waals surface area contributed by atoms with Crippen LogP contribution in [0.15, 0.2) is 12.1 Å². The van der Waals surface area contributed by atoms with Gasteiger partial charge in [0, 0.05) is 0 Å². The van der Waals surface area contributed by atoms with E-state index in [-0.39, 0.29) is 6.07 Å². The second kappa shape index (κ2) is 3.73. The quantitative estimate of drug-likeness (QED) is 0.700. The Morgan fingerprint density at radius 1 is 0.938 bits per heavy atom.